The molecule has 0 aromatic carbocycles. The Morgan fingerprint density at radius 2 is 2.44 bits per heavy atom. The van der Waals surface area contributed by atoms with Crippen LogP contribution in [0.2, 0.25) is 0 Å². The molecule has 1 aromatic heterocycles. The lowest BCUT2D eigenvalue weighted by atomic mass is 10.4. The van der Waals surface area contributed by atoms with Crippen LogP contribution in [-0.4, -0.2) is 35.8 Å². The smallest absolute Gasteiger partial charge is 0.357 e. The molecule has 16 heavy (non-hydrogen) atoms. The van der Waals surface area contributed by atoms with Gasteiger partial charge >= 0.3 is 5.97 Å². The first-order valence-electron chi connectivity index (χ1n) is 5.24. The topological polar surface area (TPSA) is 71.5 Å². The van der Waals surface area contributed by atoms with Crippen molar-refractivity contribution in [3.63, 3.8) is 0 Å². The number of ether oxygens (including phenoxy) is 1. The van der Waals surface area contributed by atoms with Crippen molar-refractivity contribution in [2.45, 2.75) is 19.8 Å². The van der Waals surface area contributed by atoms with Crippen LogP contribution < -0.4 is 5.32 Å². The van der Waals surface area contributed by atoms with Crippen LogP contribution in [0, 0.1) is 0 Å². The molecule has 0 unspecified atom stereocenters. The number of carboxylic acid groups (broad SMARTS) is 1. The van der Waals surface area contributed by atoms with E-state index >= 15 is 0 Å². The standard InChI is InChI=1S/C10H16N2O3S/c1-2-5-15-6-3-4-11-9-8(10(13)14)12-7-16-9/h7,11H,2-6H2,1H3,(H,13,14). The molecule has 0 aliphatic heterocycles. The predicted octanol–water partition coefficient (Wildman–Crippen LogP) is 2.07. The number of anilines is 1. The maximum absolute atomic E-state index is 10.7. The average molecular weight is 244 g/mol. The molecule has 0 atom stereocenters. The molecule has 0 saturated carbocycles. The van der Waals surface area contributed by atoms with Gasteiger partial charge in [0.1, 0.15) is 5.00 Å². The highest BCUT2D eigenvalue weighted by molar-refractivity contribution is 7.14. The van der Waals surface area contributed by atoms with Gasteiger partial charge in [-0.15, -0.1) is 11.3 Å². The molecule has 0 bridgehead atoms. The highest BCUT2D eigenvalue weighted by atomic mass is 32.1. The fourth-order valence-electron chi connectivity index (χ4n) is 1.15. The van der Waals surface area contributed by atoms with Gasteiger partial charge in [-0.2, -0.15) is 0 Å². The van der Waals surface area contributed by atoms with E-state index in [2.05, 4.69) is 17.2 Å². The van der Waals surface area contributed by atoms with Crippen LogP contribution in [0.15, 0.2) is 5.51 Å². The summed E-state index contributed by atoms with van der Waals surface area (Å²) in [4.78, 5) is 14.5. The fourth-order valence-corrected chi connectivity index (χ4v) is 1.85. The van der Waals surface area contributed by atoms with Crippen LogP contribution >= 0.6 is 11.3 Å². The van der Waals surface area contributed by atoms with Gasteiger partial charge in [0.2, 0.25) is 0 Å². The van der Waals surface area contributed by atoms with E-state index in [0.29, 0.717) is 18.2 Å². The predicted molar refractivity (Wildman–Crippen MR) is 63.3 cm³/mol. The Morgan fingerprint density at radius 1 is 1.62 bits per heavy atom. The number of thiazole rings is 1. The lowest BCUT2D eigenvalue weighted by molar-refractivity contribution is 0.0692. The third-order valence-corrected chi connectivity index (χ3v) is 2.65. The van der Waals surface area contributed by atoms with Crippen LogP contribution in [0.3, 0.4) is 0 Å². The minimum absolute atomic E-state index is 0.0967. The zero-order chi connectivity index (χ0) is 11.8. The molecular weight excluding hydrogens is 228 g/mol. The number of carbonyl (C=O) groups is 1. The molecule has 2 N–H and O–H groups in total. The highest BCUT2D eigenvalue weighted by Crippen LogP contribution is 2.19. The summed E-state index contributed by atoms with van der Waals surface area (Å²) in [5.74, 6) is -0.994. The van der Waals surface area contributed by atoms with Crippen molar-refractivity contribution in [3.8, 4) is 0 Å². The monoisotopic (exact) mass is 244 g/mol. The zero-order valence-corrected chi connectivity index (χ0v) is 10.0. The van der Waals surface area contributed by atoms with E-state index in [1.54, 1.807) is 0 Å². The number of nitrogens with one attached hydrogen (secondary N) is 1. The van der Waals surface area contributed by atoms with E-state index in [9.17, 15) is 4.79 Å². The van der Waals surface area contributed by atoms with Gasteiger partial charge in [-0.05, 0) is 12.8 Å². The third kappa shape index (κ3) is 4.16. The quantitative estimate of drug-likeness (QED) is 0.685. The molecule has 0 amide bonds. The van der Waals surface area contributed by atoms with Crippen molar-refractivity contribution in [2.24, 2.45) is 0 Å². The van der Waals surface area contributed by atoms with Gasteiger partial charge in [-0.1, -0.05) is 6.92 Å². The maximum Gasteiger partial charge on any atom is 0.357 e. The Labute approximate surface area is 98.5 Å². The number of nitrogens with zero attached hydrogens (tertiary/aromatic N) is 1. The summed E-state index contributed by atoms with van der Waals surface area (Å²) in [5.41, 5.74) is 1.62. The second-order valence-corrected chi connectivity index (χ2v) is 4.08. The number of aromatic nitrogens is 1. The first-order valence-corrected chi connectivity index (χ1v) is 6.12. The van der Waals surface area contributed by atoms with Gasteiger partial charge in [0, 0.05) is 19.8 Å². The number of aromatic carboxylic acids is 1. The maximum atomic E-state index is 10.7. The Kier molecular flexibility index (Phi) is 5.81. The summed E-state index contributed by atoms with van der Waals surface area (Å²) in [7, 11) is 0. The van der Waals surface area contributed by atoms with Crippen molar-refractivity contribution in [3.05, 3.63) is 11.2 Å². The summed E-state index contributed by atoms with van der Waals surface area (Å²) in [6.07, 6.45) is 1.88. The Balaban J connectivity index is 2.21. The largest absolute Gasteiger partial charge is 0.476 e. The van der Waals surface area contributed by atoms with Gasteiger partial charge in [0.25, 0.3) is 0 Å². The van der Waals surface area contributed by atoms with Crippen molar-refractivity contribution in [1.82, 2.24) is 4.98 Å². The first kappa shape index (κ1) is 12.9. The number of carboxylic acids is 1. The van der Waals surface area contributed by atoms with Crippen LogP contribution in [0.1, 0.15) is 30.3 Å². The molecular formula is C10H16N2O3S. The SMILES string of the molecule is CCCOCCCNc1scnc1C(=O)O. The Hall–Kier alpha value is -1.14. The molecule has 6 heteroatoms. The first-order chi connectivity index (χ1) is 7.75. The number of hydrogen-bond donors (Lipinski definition) is 2. The van der Waals surface area contributed by atoms with Crippen LogP contribution in [0.4, 0.5) is 5.00 Å². The summed E-state index contributed by atoms with van der Waals surface area (Å²) in [6.45, 7) is 4.24. The molecule has 90 valence electrons. The molecule has 0 radical (unpaired) electrons. The van der Waals surface area contributed by atoms with Gasteiger partial charge in [0.15, 0.2) is 5.69 Å². The van der Waals surface area contributed by atoms with Crippen molar-refractivity contribution in [1.29, 1.82) is 0 Å². The van der Waals surface area contributed by atoms with Crippen molar-refractivity contribution >= 4 is 22.3 Å². The zero-order valence-electron chi connectivity index (χ0n) is 9.23. The molecule has 1 rings (SSSR count). The van der Waals surface area contributed by atoms with E-state index in [1.165, 1.54) is 16.8 Å². The van der Waals surface area contributed by atoms with Crippen LogP contribution in [0.25, 0.3) is 0 Å². The van der Waals surface area contributed by atoms with Gasteiger partial charge in [0.05, 0.1) is 5.51 Å². The van der Waals surface area contributed by atoms with E-state index in [-0.39, 0.29) is 5.69 Å². The van der Waals surface area contributed by atoms with E-state index < -0.39 is 5.97 Å². The van der Waals surface area contributed by atoms with E-state index in [4.69, 9.17) is 9.84 Å². The fraction of sp³-hybridized carbons (Fsp3) is 0.600. The number of rotatable bonds is 8. The number of hydrogen-bond acceptors (Lipinski definition) is 5. The molecule has 0 saturated heterocycles. The van der Waals surface area contributed by atoms with Crippen molar-refractivity contribution < 1.29 is 14.6 Å². The molecule has 1 aromatic rings. The van der Waals surface area contributed by atoms with Gasteiger partial charge in [-0.25, -0.2) is 9.78 Å². The Morgan fingerprint density at radius 3 is 3.12 bits per heavy atom. The highest BCUT2D eigenvalue weighted by Gasteiger charge is 2.12. The van der Waals surface area contributed by atoms with Crippen LogP contribution in [-0.2, 0) is 4.74 Å². The average Bonchev–Trinajstić information content (AvgIpc) is 2.71. The van der Waals surface area contributed by atoms with Gasteiger partial charge in [-0.3, -0.25) is 0 Å². The molecule has 0 aliphatic rings. The minimum atomic E-state index is -0.994. The van der Waals surface area contributed by atoms with Gasteiger partial charge < -0.3 is 15.2 Å². The lowest BCUT2D eigenvalue weighted by Crippen LogP contribution is -2.08. The lowest BCUT2D eigenvalue weighted by Gasteiger charge is -2.04. The molecule has 0 spiro atoms. The minimum Gasteiger partial charge on any atom is -0.476 e. The summed E-state index contributed by atoms with van der Waals surface area (Å²) >= 11 is 1.30. The molecule has 0 aliphatic carbocycles. The Bertz CT molecular complexity index is 328. The molecule has 0 fully saturated rings. The van der Waals surface area contributed by atoms with E-state index in [0.717, 1.165) is 19.4 Å². The van der Waals surface area contributed by atoms with Crippen molar-refractivity contribution in [2.75, 3.05) is 25.1 Å². The van der Waals surface area contributed by atoms with Crippen LogP contribution in [0.5, 0.6) is 0 Å². The summed E-state index contributed by atoms with van der Waals surface area (Å²) < 4.78 is 5.31. The molecule has 5 nitrogen and oxygen atoms in total. The normalized spacial score (nSPS) is 10.3. The second kappa shape index (κ2) is 7.19. The summed E-state index contributed by atoms with van der Waals surface area (Å²) in [6, 6.07) is 0. The summed E-state index contributed by atoms with van der Waals surface area (Å²) in [5, 5.41) is 12.5. The third-order valence-electron chi connectivity index (χ3n) is 1.87. The van der Waals surface area contributed by atoms with E-state index in [1.807, 2.05) is 0 Å². The molecule has 1 heterocycles. The second-order valence-electron chi connectivity index (χ2n) is 3.23.